The highest BCUT2D eigenvalue weighted by molar-refractivity contribution is 6.39. The lowest BCUT2D eigenvalue weighted by Gasteiger charge is -2.12. The van der Waals surface area contributed by atoms with Gasteiger partial charge in [0.05, 0.1) is 0 Å². The van der Waals surface area contributed by atoms with Crippen molar-refractivity contribution in [2.45, 2.75) is 5.88 Å². The maximum Gasteiger partial charge on any atom is 0.0499 e. The second kappa shape index (κ2) is 5.49. The first-order chi connectivity index (χ1) is 8.15. The van der Waals surface area contributed by atoms with Crippen molar-refractivity contribution < 1.29 is 0 Å². The Morgan fingerprint density at radius 1 is 0.765 bits per heavy atom. The molecule has 2 aromatic carbocycles. The summed E-state index contributed by atoms with van der Waals surface area (Å²) >= 11 is 24.4. The predicted octanol–water partition coefficient (Wildman–Crippen LogP) is 6.05. The molecule has 0 fully saturated rings. The van der Waals surface area contributed by atoms with Gasteiger partial charge in [-0.3, -0.25) is 0 Å². The van der Waals surface area contributed by atoms with Crippen molar-refractivity contribution in [1.82, 2.24) is 0 Å². The van der Waals surface area contributed by atoms with E-state index < -0.39 is 0 Å². The number of benzene rings is 2. The monoisotopic (exact) mass is 304 g/mol. The lowest BCUT2D eigenvalue weighted by atomic mass is 10.0. The van der Waals surface area contributed by atoms with E-state index in [0.717, 1.165) is 16.7 Å². The Kier molecular flexibility index (Phi) is 4.22. The Balaban J connectivity index is 2.73. The van der Waals surface area contributed by atoms with Gasteiger partial charge in [-0.2, -0.15) is 0 Å². The number of rotatable bonds is 2. The molecular formula is C13H8Cl4. The molecule has 0 aliphatic rings. The second-order valence-electron chi connectivity index (χ2n) is 3.50. The van der Waals surface area contributed by atoms with Crippen LogP contribution in [0.4, 0.5) is 0 Å². The van der Waals surface area contributed by atoms with Crippen LogP contribution in [0.25, 0.3) is 11.1 Å². The summed E-state index contributed by atoms with van der Waals surface area (Å²) in [5.74, 6) is 0.316. The molecule has 88 valence electrons. The average Bonchev–Trinajstić information content (AvgIpc) is 2.29. The number of hydrogen-bond donors (Lipinski definition) is 0. The van der Waals surface area contributed by atoms with Gasteiger partial charge >= 0.3 is 0 Å². The maximum atomic E-state index is 6.17. The molecule has 0 N–H and O–H groups in total. The van der Waals surface area contributed by atoms with Gasteiger partial charge in [0.2, 0.25) is 0 Å². The van der Waals surface area contributed by atoms with Crippen LogP contribution in [0.3, 0.4) is 0 Å². The van der Waals surface area contributed by atoms with E-state index in [4.69, 9.17) is 46.4 Å². The third kappa shape index (κ3) is 2.56. The maximum absolute atomic E-state index is 6.17. The van der Waals surface area contributed by atoms with Gasteiger partial charge in [-0.15, -0.1) is 11.6 Å². The van der Waals surface area contributed by atoms with Gasteiger partial charge in [-0.25, -0.2) is 0 Å². The molecular weight excluding hydrogens is 298 g/mol. The van der Waals surface area contributed by atoms with Crippen LogP contribution in [0.15, 0.2) is 36.4 Å². The first-order valence-electron chi connectivity index (χ1n) is 4.93. The zero-order valence-electron chi connectivity index (χ0n) is 8.68. The Morgan fingerprint density at radius 2 is 1.29 bits per heavy atom. The predicted molar refractivity (Wildman–Crippen MR) is 76.5 cm³/mol. The normalized spacial score (nSPS) is 10.6. The molecule has 0 nitrogen and oxygen atoms in total. The van der Waals surface area contributed by atoms with Gasteiger partial charge in [0.15, 0.2) is 0 Å². The van der Waals surface area contributed by atoms with E-state index in [1.807, 2.05) is 12.1 Å². The average molecular weight is 306 g/mol. The van der Waals surface area contributed by atoms with E-state index in [2.05, 4.69) is 0 Å². The highest BCUT2D eigenvalue weighted by Crippen LogP contribution is 2.38. The van der Waals surface area contributed by atoms with Crippen LogP contribution in [0, 0.1) is 0 Å². The van der Waals surface area contributed by atoms with Crippen molar-refractivity contribution in [3.05, 3.63) is 57.0 Å². The fourth-order valence-corrected chi connectivity index (χ4v) is 2.88. The molecule has 0 spiro atoms. The van der Waals surface area contributed by atoms with Crippen LogP contribution in [0.5, 0.6) is 0 Å². The van der Waals surface area contributed by atoms with Crippen LogP contribution in [-0.4, -0.2) is 0 Å². The summed E-state index contributed by atoms with van der Waals surface area (Å²) in [6.45, 7) is 0. The number of hydrogen-bond acceptors (Lipinski definition) is 0. The fourth-order valence-electron chi connectivity index (χ4n) is 1.68. The largest absolute Gasteiger partial charge is 0.121 e. The van der Waals surface area contributed by atoms with Crippen LogP contribution < -0.4 is 0 Å². The lowest BCUT2D eigenvalue weighted by molar-refractivity contribution is 1.40. The smallest absolute Gasteiger partial charge is 0.0499 e. The van der Waals surface area contributed by atoms with Gasteiger partial charge in [0.1, 0.15) is 0 Å². The molecule has 4 heteroatoms. The van der Waals surface area contributed by atoms with Crippen molar-refractivity contribution in [2.75, 3.05) is 0 Å². The van der Waals surface area contributed by atoms with Gasteiger partial charge in [0, 0.05) is 26.5 Å². The topological polar surface area (TPSA) is 0 Å². The molecule has 0 unspecified atom stereocenters. The summed E-state index contributed by atoms with van der Waals surface area (Å²) in [6.07, 6.45) is 0. The Hall–Kier alpha value is -0.400. The Bertz CT molecular complexity index is 529. The minimum Gasteiger partial charge on any atom is -0.121 e. The zero-order valence-corrected chi connectivity index (χ0v) is 11.7. The molecule has 0 radical (unpaired) electrons. The summed E-state index contributed by atoms with van der Waals surface area (Å²) in [5, 5.41) is 1.80. The second-order valence-corrected chi connectivity index (χ2v) is 4.99. The molecule has 2 rings (SSSR count). The SMILES string of the molecule is ClCc1c(Cl)cccc1-c1c(Cl)cccc1Cl. The lowest BCUT2D eigenvalue weighted by Crippen LogP contribution is -1.89. The highest BCUT2D eigenvalue weighted by Gasteiger charge is 2.13. The number of halogens is 4. The molecule has 17 heavy (non-hydrogen) atoms. The Labute approximate surface area is 120 Å². The molecule has 0 aromatic heterocycles. The van der Waals surface area contributed by atoms with Crippen molar-refractivity contribution in [1.29, 1.82) is 0 Å². The molecule has 0 heterocycles. The molecule has 0 amide bonds. The van der Waals surface area contributed by atoms with E-state index in [1.54, 1.807) is 24.3 Å². The summed E-state index contributed by atoms with van der Waals surface area (Å²) in [5.41, 5.74) is 2.49. The van der Waals surface area contributed by atoms with Crippen molar-refractivity contribution in [2.24, 2.45) is 0 Å². The van der Waals surface area contributed by atoms with Crippen LogP contribution in [0.2, 0.25) is 15.1 Å². The van der Waals surface area contributed by atoms with Gasteiger partial charge in [-0.05, 0) is 29.3 Å². The third-order valence-electron chi connectivity index (χ3n) is 2.48. The molecule has 2 aromatic rings. The molecule has 0 atom stereocenters. The van der Waals surface area contributed by atoms with E-state index in [0.29, 0.717) is 20.9 Å². The fraction of sp³-hybridized carbons (Fsp3) is 0.0769. The molecule has 0 bridgehead atoms. The van der Waals surface area contributed by atoms with Crippen LogP contribution >= 0.6 is 46.4 Å². The molecule has 0 saturated carbocycles. The molecule has 0 aliphatic carbocycles. The van der Waals surface area contributed by atoms with E-state index >= 15 is 0 Å². The van der Waals surface area contributed by atoms with Crippen molar-refractivity contribution in [3.8, 4) is 11.1 Å². The van der Waals surface area contributed by atoms with E-state index in [1.165, 1.54) is 0 Å². The Morgan fingerprint density at radius 3 is 1.88 bits per heavy atom. The van der Waals surface area contributed by atoms with Crippen LogP contribution in [-0.2, 0) is 5.88 Å². The number of alkyl halides is 1. The third-order valence-corrected chi connectivity index (χ3v) is 3.74. The summed E-state index contributed by atoms with van der Waals surface area (Å²) in [4.78, 5) is 0. The summed E-state index contributed by atoms with van der Waals surface area (Å²) in [6, 6.07) is 11.0. The van der Waals surface area contributed by atoms with Gasteiger partial charge in [-0.1, -0.05) is 53.0 Å². The zero-order chi connectivity index (χ0) is 12.4. The van der Waals surface area contributed by atoms with E-state index in [9.17, 15) is 0 Å². The summed E-state index contributed by atoms with van der Waals surface area (Å²) < 4.78 is 0. The van der Waals surface area contributed by atoms with Gasteiger partial charge in [0.25, 0.3) is 0 Å². The minimum absolute atomic E-state index is 0.316. The standard InChI is InChI=1S/C13H8Cl4/c14-7-9-8(3-1-4-10(9)15)13-11(16)5-2-6-12(13)17/h1-6H,7H2. The molecule has 0 saturated heterocycles. The van der Waals surface area contributed by atoms with E-state index in [-0.39, 0.29) is 0 Å². The first kappa shape index (κ1) is 13.0. The highest BCUT2D eigenvalue weighted by atomic mass is 35.5. The summed E-state index contributed by atoms with van der Waals surface area (Å²) in [7, 11) is 0. The molecule has 0 aliphatic heterocycles. The minimum atomic E-state index is 0.316. The quantitative estimate of drug-likeness (QED) is 0.592. The first-order valence-corrected chi connectivity index (χ1v) is 6.59. The van der Waals surface area contributed by atoms with Crippen molar-refractivity contribution in [3.63, 3.8) is 0 Å². The van der Waals surface area contributed by atoms with Gasteiger partial charge < -0.3 is 0 Å². The van der Waals surface area contributed by atoms with Crippen LogP contribution in [0.1, 0.15) is 5.56 Å². The van der Waals surface area contributed by atoms with Crippen molar-refractivity contribution >= 4 is 46.4 Å².